The number of carbonyl (C=O) groups excluding carboxylic acids is 1. The van der Waals surface area contributed by atoms with Gasteiger partial charge in [0.2, 0.25) is 0 Å². The van der Waals surface area contributed by atoms with Crippen molar-refractivity contribution in [1.82, 2.24) is 20.4 Å². The van der Waals surface area contributed by atoms with Crippen LogP contribution >= 0.6 is 0 Å². The molecule has 0 spiro atoms. The maximum Gasteiger partial charge on any atom is 0.407 e. The zero-order valence-electron chi connectivity index (χ0n) is 15.8. The van der Waals surface area contributed by atoms with Crippen LogP contribution < -0.4 is 10.6 Å². The van der Waals surface area contributed by atoms with Gasteiger partial charge in [0.1, 0.15) is 5.60 Å². The summed E-state index contributed by atoms with van der Waals surface area (Å²) in [6.07, 6.45) is 5.72. The lowest BCUT2D eigenvalue weighted by Gasteiger charge is -2.32. The maximum atomic E-state index is 11.9. The first-order valence-corrected chi connectivity index (χ1v) is 8.90. The number of ether oxygens (including phenoxy) is 1. The smallest absolute Gasteiger partial charge is 0.407 e. The van der Waals surface area contributed by atoms with Gasteiger partial charge in [0, 0.05) is 36.4 Å². The number of hydrogen-bond acceptors (Lipinski definition) is 4. The van der Waals surface area contributed by atoms with E-state index >= 15 is 0 Å². The van der Waals surface area contributed by atoms with Crippen molar-refractivity contribution in [2.75, 3.05) is 0 Å². The molecule has 0 saturated heterocycles. The van der Waals surface area contributed by atoms with Gasteiger partial charge >= 0.3 is 6.09 Å². The summed E-state index contributed by atoms with van der Waals surface area (Å²) in [7, 11) is 1.97. The number of nitrogens with zero attached hydrogens (tertiary/aromatic N) is 2. The fourth-order valence-electron chi connectivity index (χ4n) is 3.26. The van der Waals surface area contributed by atoms with E-state index in [4.69, 9.17) is 4.74 Å². The molecular formula is C18H32N4O2. The van der Waals surface area contributed by atoms with E-state index in [9.17, 15) is 4.79 Å². The first-order chi connectivity index (χ1) is 11.2. The molecule has 1 unspecified atom stereocenters. The summed E-state index contributed by atoms with van der Waals surface area (Å²) in [6.45, 7) is 9.94. The molecule has 1 aromatic rings. The van der Waals surface area contributed by atoms with Crippen LogP contribution in [0.5, 0.6) is 0 Å². The molecule has 2 rings (SSSR count). The molecule has 1 fully saturated rings. The van der Waals surface area contributed by atoms with Gasteiger partial charge in [0.15, 0.2) is 0 Å². The van der Waals surface area contributed by atoms with Crippen molar-refractivity contribution < 1.29 is 9.53 Å². The number of aryl methyl sites for hydroxylation is 1. The van der Waals surface area contributed by atoms with Crippen LogP contribution in [0.4, 0.5) is 4.79 Å². The number of alkyl carbamates (subject to hydrolysis) is 1. The van der Waals surface area contributed by atoms with E-state index in [1.165, 1.54) is 11.3 Å². The molecule has 1 saturated carbocycles. The number of aromatic nitrogens is 2. The van der Waals surface area contributed by atoms with Crippen molar-refractivity contribution >= 4 is 6.09 Å². The van der Waals surface area contributed by atoms with E-state index in [0.29, 0.717) is 12.1 Å². The van der Waals surface area contributed by atoms with Crippen LogP contribution in [0.25, 0.3) is 0 Å². The van der Waals surface area contributed by atoms with E-state index in [0.717, 1.165) is 25.7 Å². The molecule has 6 heteroatoms. The Morgan fingerprint density at radius 2 is 1.88 bits per heavy atom. The largest absolute Gasteiger partial charge is 0.444 e. The third kappa shape index (κ3) is 5.23. The van der Waals surface area contributed by atoms with Crippen LogP contribution in [-0.4, -0.2) is 33.6 Å². The summed E-state index contributed by atoms with van der Waals surface area (Å²) < 4.78 is 7.24. The van der Waals surface area contributed by atoms with Crippen LogP contribution in [0.15, 0.2) is 6.20 Å². The molecule has 0 aliphatic heterocycles. The third-order valence-electron chi connectivity index (χ3n) is 4.67. The summed E-state index contributed by atoms with van der Waals surface area (Å²) in [5.74, 6) is 0. The molecule has 1 aliphatic carbocycles. The Kier molecular flexibility index (Phi) is 5.91. The minimum Gasteiger partial charge on any atom is -0.444 e. The molecule has 1 aromatic heterocycles. The molecule has 136 valence electrons. The van der Waals surface area contributed by atoms with Crippen molar-refractivity contribution in [3.63, 3.8) is 0 Å². The summed E-state index contributed by atoms with van der Waals surface area (Å²) in [6, 6.07) is 0.990. The van der Waals surface area contributed by atoms with Gasteiger partial charge in [0.25, 0.3) is 0 Å². The molecule has 0 radical (unpaired) electrons. The average Bonchev–Trinajstić information content (AvgIpc) is 2.79. The molecule has 0 aromatic carbocycles. The second-order valence-electron chi connectivity index (χ2n) is 7.89. The first kappa shape index (κ1) is 18.8. The normalized spacial score (nSPS) is 22.9. The lowest BCUT2D eigenvalue weighted by atomic mass is 9.90. The number of rotatable bonds is 4. The number of hydrogen-bond donors (Lipinski definition) is 2. The summed E-state index contributed by atoms with van der Waals surface area (Å²) in [5, 5.41) is 11.0. The highest BCUT2D eigenvalue weighted by molar-refractivity contribution is 5.68. The molecule has 1 amide bonds. The fraction of sp³-hybridized carbons (Fsp3) is 0.778. The Morgan fingerprint density at radius 1 is 1.29 bits per heavy atom. The highest BCUT2D eigenvalue weighted by Gasteiger charge is 2.26. The van der Waals surface area contributed by atoms with Crippen molar-refractivity contribution in [3.05, 3.63) is 17.5 Å². The predicted octanol–water partition coefficient (Wildman–Crippen LogP) is 3.22. The van der Waals surface area contributed by atoms with E-state index in [1.54, 1.807) is 0 Å². The zero-order valence-corrected chi connectivity index (χ0v) is 15.8. The molecule has 2 N–H and O–H groups in total. The third-order valence-corrected chi connectivity index (χ3v) is 4.67. The van der Waals surface area contributed by atoms with E-state index in [-0.39, 0.29) is 12.1 Å². The molecule has 1 heterocycles. The summed E-state index contributed by atoms with van der Waals surface area (Å²) >= 11 is 0. The van der Waals surface area contributed by atoms with E-state index in [1.807, 2.05) is 38.7 Å². The Hall–Kier alpha value is -1.56. The fourth-order valence-corrected chi connectivity index (χ4v) is 3.26. The molecule has 1 atom stereocenters. The SMILES string of the molecule is Cc1c(C(C)NC2CCC(NC(=O)OC(C)(C)C)CC2)cnn1C. The second-order valence-corrected chi connectivity index (χ2v) is 7.89. The molecule has 1 aliphatic rings. The Labute approximate surface area is 145 Å². The van der Waals surface area contributed by atoms with Crippen LogP contribution in [-0.2, 0) is 11.8 Å². The quantitative estimate of drug-likeness (QED) is 0.886. The van der Waals surface area contributed by atoms with Gasteiger partial charge in [-0.3, -0.25) is 4.68 Å². The van der Waals surface area contributed by atoms with Crippen LogP contribution in [0.1, 0.15) is 70.7 Å². The van der Waals surface area contributed by atoms with Crippen molar-refractivity contribution in [2.45, 2.75) is 84.0 Å². The monoisotopic (exact) mass is 336 g/mol. The Morgan fingerprint density at radius 3 is 2.38 bits per heavy atom. The van der Waals surface area contributed by atoms with Crippen LogP contribution in [0.2, 0.25) is 0 Å². The van der Waals surface area contributed by atoms with Gasteiger partial charge in [0.05, 0.1) is 6.20 Å². The van der Waals surface area contributed by atoms with Gasteiger partial charge in [-0.2, -0.15) is 5.10 Å². The lowest BCUT2D eigenvalue weighted by molar-refractivity contribution is 0.0489. The maximum absolute atomic E-state index is 11.9. The molecular weight excluding hydrogens is 304 g/mol. The molecule has 6 nitrogen and oxygen atoms in total. The van der Waals surface area contributed by atoms with Gasteiger partial charge in [-0.1, -0.05) is 0 Å². The van der Waals surface area contributed by atoms with Gasteiger partial charge in [-0.05, 0) is 60.3 Å². The van der Waals surface area contributed by atoms with Gasteiger partial charge in [-0.25, -0.2) is 4.79 Å². The second kappa shape index (κ2) is 7.55. The van der Waals surface area contributed by atoms with Crippen LogP contribution in [0.3, 0.4) is 0 Å². The summed E-state index contributed by atoms with van der Waals surface area (Å²) in [4.78, 5) is 11.9. The predicted molar refractivity (Wildman–Crippen MR) is 94.9 cm³/mol. The highest BCUT2D eigenvalue weighted by Crippen LogP contribution is 2.23. The van der Waals surface area contributed by atoms with Gasteiger partial charge < -0.3 is 15.4 Å². The zero-order chi connectivity index (χ0) is 17.9. The van der Waals surface area contributed by atoms with Crippen molar-refractivity contribution in [1.29, 1.82) is 0 Å². The first-order valence-electron chi connectivity index (χ1n) is 8.90. The van der Waals surface area contributed by atoms with E-state index < -0.39 is 5.60 Å². The standard InChI is InChI=1S/C18H32N4O2/c1-12(16-11-19-22(6)13(16)2)20-14-7-9-15(10-8-14)21-17(23)24-18(3,4)5/h11-12,14-15,20H,7-10H2,1-6H3,(H,21,23). The number of amides is 1. The average molecular weight is 336 g/mol. The summed E-state index contributed by atoms with van der Waals surface area (Å²) in [5.41, 5.74) is 2.02. The Bertz CT molecular complexity index is 554. The minimum atomic E-state index is -0.445. The molecule has 0 bridgehead atoms. The molecule has 24 heavy (non-hydrogen) atoms. The van der Waals surface area contributed by atoms with Crippen molar-refractivity contribution in [3.8, 4) is 0 Å². The topological polar surface area (TPSA) is 68.2 Å². The Balaban J connectivity index is 1.76. The van der Waals surface area contributed by atoms with Gasteiger partial charge in [-0.15, -0.1) is 0 Å². The highest BCUT2D eigenvalue weighted by atomic mass is 16.6. The number of nitrogens with one attached hydrogen (secondary N) is 2. The van der Waals surface area contributed by atoms with Crippen LogP contribution in [0, 0.1) is 6.92 Å². The minimum absolute atomic E-state index is 0.216. The number of carbonyl (C=O) groups is 1. The van der Waals surface area contributed by atoms with E-state index in [2.05, 4.69) is 29.6 Å². The lowest BCUT2D eigenvalue weighted by Crippen LogP contribution is -2.44. The van der Waals surface area contributed by atoms with Crippen molar-refractivity contribution in [2.24, 2.45) is 7.05 Å².